The van der Waals surface area contributed by atoms with Gasteiger partial charge in [0, 0.05) is 40.9 Å². The number of ether oxygens (including phenoxy) is 5. The minimum atomic E-state index is -0.864. The number of likely N-dealkylation sites (N-methyl/N-ethyl adjacent to an activating group) is 1. The molecule has 3 N–H and O–H groups in total. The summed E-state index contributed by atoms with van der Waals surface area (Å²) < 4.78 is 28.4. The zero-order chi connectivity index (χ0) is 29.2. The van der Waals surface area contributed by atoms with Gasteiger partial charge < -0.3 is 34.5 Å². The zero-order valence-electron chi connectivity index (χ0n) is 23.6. The number of phenols is 1. The van der Waals surface area contributed by atoms with Gasteiger partial charge in [0.2, 0.25) is 6.79 Å². The molecule has 2 aromatic carbocycles. The molecule has 1 unspecified atom stereocenters. The lowest BCUT2D eigenvalue weighted by atomic mass is 9.71. The van der Waals surface area contributed by atoms with Crippen LogP contribution in [-0.2, 0) is 17.6 Å². The van der Waals surface area contributed by atoms with E-state index in [-0.39, 0.29) is 43.8 Å². The van der Waals surface area contributed by atoms with E-state index in [4.69, 9.17) is 29.4 Å². The van der Waals surface area contributed by atoms with E-state index in [0.29, 0.717) is 41.4 Å². The lowest BCUT2D eigenvalue weighted by Crippen LogP contribution is -2.68. The number of rotatable bonds is 5. The number of carbonyl (C=O) groups is 1. The highest BCUT2D eigenvalue weighted by atomic mass is 16.7. The van der Waals surface area contributed by atoms with Gasteiger partial charge >= 0.3 is 6.16 Å². The third-order valence-electron chi connectivity index (χ3n) is 8.99. The van der Waals surface area contributed by atoms with E-state index < -0.39 is 18.2 Å². The summed E-state index contributed by atoms with van der Waals surface area (Å²) in [6, 6.07) is 2.95. The summed E-state index contributed by atoms with van der Waals surface area (Å²) in [5, 5.41) is 22.1. The van der Waals surface area contributed by atoms with Crippen LogP contribution in [0.5, 0.6) is 28.7 Å². The van der Waals surface area contributed by atoms with Crippen LogP contribution >= 0.6 is 0 Å². The van der Waals surface area contributed by atoms with E-state index in [1.165, 1.54) is 6.08 Å². The second-order valence-electron chi connectivity index (χ2n) is 10.9. The molecule has 0 saturated carbocycles. The number of methoxy groups -OCH3 is 1. The van der Waals surface area contributed by atoms with Crippen LogP contribution in [-0.4, -0.2) is 73.3 Å². The Morgan fingerprint density at radius 3 is 2.68 bits per heavy atom. The molecule has 11 heteroatoms. The normalized spacial score (nSPS) is 25.8. The minimum absolute atomic E-state index is 0.00185. The topological polar surface area (TPSA) is 140 Å². The molecular formula is C30H34N4O7. The van der Waals surface area contributed by atoms with Gasteiger partial charge in [0.1, 0.15) is 18.4 Å². The second-order valence-corrected chi connectivity index (χ2v) is 10.9. The lowest BCUT2D eigenvalue weighted by molar-refractivity contribution is -0.0710. The van der Waals surface area contributed by atoms with Crippen molar-refractivity contribution in [2.45, 2.75) is 56.9 Å². The van der Waals surface area contributed by atoms with Crippen LogP contribution in [0, 0.1) is 25.2 Å². The molecular weight excluding hydrogens is 528 g/mol. The van der Waals surface area contributed by atoms with Crippen molar-refractivity contribution in [3.8, 4) is 34.8 Å². The lowest BCUT2D eigenvalue weighted by Gasteiger charge is -2.59. The van der Waals surface area contributed by atoms with Crippen LogP contribution in [0.4, 0.5) is 4.79 Å². The van der Waals surface area contributed by atoms with Crippen LogP contribution in [0.1, 0.15) is 45.5 Å². The molecule has 2 aromatic rings. The zero-order valence-corrected chi connectivity index (χ0v) is 23.6. The van der Waals surface area contributed by atoms with Gasteiger partial charge in [0.25, 0.3) is 0 Å². The van der Waals surface area contributed by atoms with Crippen LogP contribution in [0.25, 0.3) is 0 Å². The van der Waals surface area contributed by atoms with Crippen LogP contribution in [0.15, 0.2) is 18.7 Å². The van der Waals surface area contributed by atoms with Crippen molar-refractivity contribution < 1.29 is 33.6 Å². The van der Waals surface area contributed by atoms with Crippen molar-refractivity contribution in [3.63, 3.8) is 0 Å². The van der Waals surface area contributed by atoms with Crippen molar-refractivity contribution in [2.75, 3.05) is 34.1 Å². The molecule has 216 valence electrons. The van der Waals surface area contributed by atoms with Crippen molar-refractivity contribution in [1.82, 2.24) is 9.80 Å². The van der Waals surface area contributed by atoms with Crippen molar-refractivity contribution >= 4 is 6.16 Å². The first-order valence-electron chi connectivity index (χ1n) is 13.7. The van der Waals surface area contributed by atoms with Crippen molar-refractivity contribution in [3.05, 3.63) is 52.1 Å². The van der Waals surface area contributed by atoms with Crippen molar-refractivity contribution in [1.29, 1.82) is 5.26 Å². The molecule has 4 aliphatic rings. The van der Waals surface area contributed by atoms with Gasteiger partial charge in [0.15, 0.2) is 23.0 Å². The van der Waals surface area contributed by atoms with E-state index in [1.54, 1.807) is 7.11 Å². The molecule has 0 spiro atoms. The van der Waals surface area contributed by atoms with E-state index in [0.717, 1.165) is 27.8 Å². The number of fused-ring (bicyclic) bond motifs is 9. The number of piperazine rings is 1. The maximum Gasteiger partial charge on any atom is 0.514 e. The second kappa shape index (κ2) is 10.1. The fraction of sp³-hybridized carbons (Fsp3) is 0.467. The standard InChI is InChI=1S/C30H34N4O7/c1-6-7-38-30(36)41-27-15(3)28-29(40-13-39-28)23-17(27)10-19-24-22-16(8-14(2)26(37-5)25(22)35)9-18(33(24)4)20(11-31)34(19)21(23)12-32/h6,8,18-21,24,35H,1,7,9-10,12-13,32H2,2-5H3/t18-,19?,20+,21+,24+/m1/s1. The minimum Gasteiger partial charge on any atom is -0.504 e. The van der Waals surface area contributed by atoms with Crippen LogP contribution in [0.2, 0.25) is 0 Å². The molecule has 0 aromatic heterocycles. The molecule has 1 fully saturated rings. The fourth-order valence-electron chi connectivity index (χ4n) is 7.44. The number of nitriles is 1. The fourth-order valence-corrected chi connectivity index (χ4v) is 7.44. The first kappa shape index (κ1) is 27.2. The van der Waals surface area contributed by atoms with E-state index >= 15 is 0 Å². The molecule has 1 saturated heterocycles. The number of hydrogen-bond donors (Lipinski definition) is 2. The van der Waals surface area contributed by atoms with Gasteiger partial charge in [-0.2, -0.15) is 5.26 Å². The summed E-state index contributed by atoms with van der Waals surface area (Å²) in [6.07, 6.45) is 1.58. The molecule has 5 atom stereocenters. The number of benzene rings is 2. The smallest absolute Gasteiger partial charge is 0.504 e. The largest absolute Gasteiger partial charge is 0.514 e. The molecule has 4 heterocycles. The van der Waals surface area contributed by atoms with Crippen LogP contribution in [0.3, 0.4) is 0 Å². The summed E-state index contributed by atoms with van der Waals surface area (Å²) in [5.41, 5.74) is 11.2. The van der Waals surface area contributed by atoms with Gasteiger partial charge in [-0.25, -0.2) is 4.79 Å². The Morgan fingerprint density at radius 1 is 1.24 bits per heavy atom. The molecule has 2 bridgehead atoms. The first-order valence-corrected chi connectivity index (χ1v) is 13.7. The molecule has 41 heavy (non-hydrogen) atoms. The average Bonchev–Trinajstić information content (AvgIpc) is 3.44. The average molecular weight is 563 g/mol. The predicted octanol–water partition coefficient (Wildman–Crippen LogP) is 3.18. The Bertz CT molecular complexity index is 1480. The number of phenolic OH excluding ortho intramolecular Hbond substituents is 1. The van der Waals surface area contributed by atoms with Gasteiger partial charge in [-0.15, -0.1) is 0 Å². The summed E-state index contributed by atoms with van der Waals surface area (Å²) in [6.45, 7) is 7.50. The Kier molecular flexibility index (Phi) is 6.72. The van der Waals surface area contributed by atoms with Gasteiger partial charge in [-0.3, -0.25) is 9.80 Å². The molecule has 6 rings (SSSR count). The number of nitrogens with zero attached hydrogens (tertiary/aromatic N) is 3. The van der Waals surface area contributed by atoms with E-state index in [9.17, 15) is 15.2 Å². The molecule has 4 aliphatic heterocycles. The number of aryl methyl sites for hydroxylation is 1. The number of aromatic hydroxyl groups is 1. The highest BCUT2D eigenvalue weighted by Gasteiger charge is 2.56. The summed E-state index contributed by atoms with van der Waals surface area (Å²) >= 11 is 0. The Morgan fingerprint density at radius 2 is 2.00 bits per heavy atom. The SMILES string of the molecule is C=CCOC(=O)Oc1c(C)c2c(c3c1CC1[C@H]4c5c(cc(C)c(OC)c5O)C[C@H]([C@H](C#N)N1[C@H]3CN)N4C)OCO2. The molecule has 11 nitrogen and oxygen atoms in total. The van der Waals surface area contributed by atoms with Gasteiger partial charge in [-0.1, -0.05) is 18.7 Å². The molecule has 0 aliphatic carbocycles. The van der Waals surface area contributed by atoms with Crippen molar-refractivity contribution in [2.24, 2.45) is 5.73 Å². The Labute approximate surface area is 238 Å². The van der Waals surface area contributed by atoms with Gasteiger partial charge in [-0.05, 0) is 44.9 Å². The quantitative estimate of drug-likeness (QED) is 0.315. The summed E-state index contributed by atoms with van der Waals surface area (Å²) in [5.74, 6) is 1.91. The maximum absolute atomic E-state index is 12.7. The first-order chi connectivity index (χ1) is 19.8. The number of hydrogen-bond acceptors (Lipinski definition) is 11. The Balaban J connectivity index is 1.57. The molecule has 0 amide bonds. The van der Waals surface area contributed by atoms with Gasteiger partial charge in [0.05, 0.1) is 25.3 Å². The van der Waals surface area contributed by atoms with E-state index in [2.05, 4.69) is 28.5 Å². The monoisotopic (exact) mass is 562 g/mol. The maximum atomic E-state index is 12.7. The Hall–Kier alpha value is -3.98. The van der Waals surface area contributed by atoms with E-state index in [1.807, 2.05) is 20.9 Å². The third-order valence-corrected chi connectivity index (χ3v) is 8.99. The molecule has 0 radical (unpaired) electrons. The number of nitrogens with two attached hydrogens (primary N) is 1. The summed E-state index contributed by atoms with van der Waals surface area (Å²) in [7, 11) is 3.54. The highest BCUT2D eigenvalue weighted by Crippen LogP contribution is 2.58. The highest BCUT2D eigenvalue weighted by molar-refractivity contribution is 5.72. The third kappa shape index (κ3) is 3.85. The van der Waals surface area contributed by atoms with Crippen LogP contribution < -0.4 is 24.7 Å². The summed E-state index contributed by atoms with van der Waals surface area (Å²) in [4.78, 5) is 17.0. The number of carbonyl (C=O) groups excluding carboxylic acids is 1. The predicted molar refractivity (Wildman–Crippen MR) is 147 cm³/mol.